The number of methoxy groups -OCH3 is 3. The molecule has 1 aliphatic heterocycles. The summed E-state index contributed by atoms with van der Waals surface area (Å²) in [5.74, 6) is 1.83. The van der Waals surface area contributed by atoms with Gasteiger partial charge < -0.3 is 19.5 Å². The van der Waals surface area contributed by atoms with Gasteiger partial charge in [0.05, 0.1) is 50.3 Å². The first-order chi connectivity index (χ1) is 23.4. The molecule has 48 heavy (non-hydrogen) atoms. The Morgan fingerprint density at radius 1 is 0.958 bits per heavy atom. The lowest BCUT2D eigenvalue weighted by Gasteiger charge is -2.24. The van der Waals surface area contributed by atoms with Gasteiger partial charge in [0.2, 0.25) is 0 Å². The van der Waals surface area contributed by atoms with Crippen LogP contribution in [0.3, 0.4) is 0 Å². The van der Waals surface area contributed by atoms with Crippen molar-refractivity contribution in [1.29, 1.82) is 0 Å². The van der Waals surface area contributed by atoms with E-state index in [0.717, 1.165) is 27.4 Å². The molecule has 0 unspecified atom stereocenters. The van der Waals surface area contributed by atoms with Gasteiger partial charge in [0.15, 0.2) is 22.5 Å². The topological polar surface area (TPSA) is 120 Å². The molecule has 0 bridgehead atoms. The third-order valence-electron chi connectivity index (χ3n) is 7.79. The fourth-order valence-electron chi connectivity index (χ4n) is 5.50. The van der Waals surface area contributed by atoms with Crippen molar-refractivity contribution in [2.45, 2.75) is 31.1 Å². The number of amides is 2. The molecule has 2 amide bonds. The van der Waals surface area contributed by atoms with Gasteiger partial charge in [-0.25, -0.2) is 5.01 Å². The second-order valence-corrected chi connectivity index (χ2v) is 12.7. The van der Waals surface area contributed by atoms with E-state index in [2.05, 4.69) is 15.5 Å². The van der Waals surface area contributed by atoms with E-state index in [1.54, 1.807) is 61.9 Å². The zero-order chi connectivity index (χ0) is 33.6. The van der Waals surface area contributed by atoms with Crippen molar-refractivity contribution in [3.8, 4) is 22.9 Å². The van der Waals surface area contributed by atoms with E-state index in [1.165, 1.54) is 11.8 Å². The number of aryl methyl sites for hydroxylation is 1. The summed E-state index contributed by atoms with van der Waals surface area (Å²) in [6.45, 7) is 2.11. The number of para-hydroxylation sites is 1. The normalized spacial score (nSPS) is 14.0. The molecule has 3 heterocycles. The van der Waals surface area contributed by atoms with E-state index in [0.29, 0.717) is 40.2 Å². The molecule has 5 aromatic rings. The molecule has 0 saturated carbocycles. The molecule has 246 valence electrons. The molecule has 1 N–H and O–H groups in total. The Bertz CT molecular complexity index is 1960. The third-order valence-corrected chi connectivity index (χ3v) is 9.62. The molecule has 3 aromatic carbocycles. The molecule has 13 heteroatoms. The van der Waals surface area contributed by atoms with Crippen molar-refractivity contribution in [2.24, 2.45) is 5.10 Å². The largest absolute Gasteiger partial charge is 0.497 e. The number of hydrogen-bond donors (Lipinski definition) is 1. The van der Waals surface area contributed by atoms with Crippen molar-refractivity contribution in [2.75, 3.05) is 27.1 Å². The van der Waals surface area contributed by atoms with E-state index in [4.69, 9.17) is 19.3 Å². The monoisotopic (exact) mass is 682 g/mol. The molecule has 0 fully saturated rings. The molecule has 1 atom stereocenters. The van der Waals surface area contributed by atoms with Gasteiger partial charge in [-0.1, -0.05) is 48.2 Å². The van der Waals surface area contributed by atoms with Gasteiger partial charge in [0, 0.05) is 23.2 Å². The standard InChI is InChI=1S/C35H34N6O5S2/c1-22-9-5-11-24(17-22)40-31(20-36-34(43)23-10-6-12-25(18-23)44-2)37-38-35(40)48-21-32(42)41-28(19-27(39-41)30-15-8-16-47-30)26-13-7-14-29(45-3)33(26)46-4/h5-18,28H,19-21H2,1-4H3,(H,36,43)/t28-/m0/s1. The van der Waals surface area contributed by atoms with E-state index < -0.39 is 6.04 Å². The first kappa shape index (κ1) is 32.8. The molecule has 1 aliphatic rings. The van der Waals surface area contributed by atoms with Crippen molar-refractivity contribution < 1.29 is 23.8 Å². The zero-order valence-corrected chi connectivity index (χ0v) is 28.5. The van der Waals surface area contributed by atoms with Crippen LogP contribution in [0, 0.1) is 6.92 Å². The van der Waals surface area contributed by atoms with Crippen molar-refractivity contribution in [3.05, 3.63) is 112 Å². The van der Waals surface area contributed by atoms with Crippen LogP contribution >= 0.6 is 23.1 Å². The number of carbonyl (C=O) groups is 2. The number of nitrogens with zero attached hydrogens (tertiary/aromatic N) is 5. The van der Waals surface area contributed by atoms with Gasteiger partial charge in [-0.3, -0.25) is 14.2 Å². The quantitative estimate of drug-likeness (QED) is 0.158. The van der Waals surface area contributed by atoms with Crippen LogP contribution in [-0.2, 0) is 11.3 Å². The number of carbonyl (C=O) groups excluding carboxylic acids is 2. The Morgan fingerprint density at radius 3 is 2.54 bits per heavy atom. The average Bonchev–Trinajstić information content (AvgIpc) is 3.89. The van der Waals surface area contributed by atoms with Crippen molar-refractivity contribution in [1.82, 2.24) is 25.1 Å². The second kappa shape index (κ2) is 14.7. The minimum atomic E-state index is -0.391. The molecule has 6 rings (SSSR count). The van der Waals surface area contributed by atoms with E-state index >= 15 is 0 Å². The molecule has 2 aromatic heterocycles. The lowest BCUT2D eigenvalue weighted by Crippen LogP contribution is -2.29. The Kier molecular flexibility index (Phi) is 10.1. The molecular formula is C35H34N6O5S2. The number of aromatic nitrogens is 3. The van der Waals surface area contributed by atoms with Crippen LogP contribution in [0.4, 0.5) is 0 Å². The van der Waals surface area contributed by atoms with Gasteiger partial charge in [0.25, 0.3) is 11.8 Å². The fourth-order valence-corrected chi connectivity index (χ4v) is 7.05. The lowest BCUT2D eigenvalue weighted by molar-refractivity contribution is -0.130. The highest BCUT2D eigenvalue weighted by Gasteiger charge is 2.36. The highest BCUT2D eigenvalue weighted by Crippen LogP contribution is 2.42. The Labute approximate surface area is 286 Å². The average molecular weight is 683 g/mol. The van der Waals surface area contributed by atoms with Crippen molar-refractivity contribution >= 4 is 40.6 Å². The molecule has 0 radical (unpaired) electrons. The van der Waals surface area contributed by atoms with Crippen molar-refractivity contribution in [3.63, 3.8) is 0 Å². The maximum Gasteiger partial charge on any atom is 0.253 e. The van der Waals surface area contributed by atoms with Crippen LogP contribution in [0.2, 0.25) is 0 Å². The first-order valence-electron chi connectivity index (χ1n) is 15.1. The summed E-state index contributed by atoms with van der Waals surface area (Å²) in [6.07, 6.45) is 0.525. The number of ether oxygens (including phenoxy) is 3. The lowest BCUT2D eigenvalue weighted by atomic mass is 9.99. The van der Waals surface area contributed by atoms with Gasteiger partial charge in [-0.05, 0) is 60.3 Å². The summed E-state index contributed by atoms with van der Waals surface area (Å²) in [7, 11) is 4.74. The maximum atomic E-state index is 14.0. The molecule has 11 nitrogen and oxygen atoms in total. The van der Waals surface area contributed by atoms with E-state index in [-0.39, 0.29) is 24.1 Å². The highest BCUT2D eigenvalue weighted by molar-refractivity contribution is 7.99. The summed E-state index contributed by atoms with van der Waals surface area (Å²) in [6, 6.07) is 24.1. The minimum Gasteiger partial charge on any atom is -0.497 e. The molecule has 0 spiro atoms. The number of benzene rings is 3. The summed E-state index contributed by atoms with van der Waals surface area (Å²) < 4.78 is 18.4. The predicted molar refractivity (Wildman–Crippen MR) is 186 cm³/mol. The Balaban J connectivity index is 1.26. The number of hydrogen-bond acceptors (Lipinski definition) is 10. The number of hydrazone groups is 1. The molecule has 0 saturated heterocycles. The maximum absolute atomic E-state index is 14.0. The SMILES string of the molecule is COc1cccc(C(=O)NCc2nnc(SCC(=O)N3N=C(c4cccs4)C[C@H]3c3cccc(OC)c3OC)n2-c2cccc(C)c2)c1. The molecular weight excluding hydrogens is 649 g/mol. The van der Waals surface area contributed by atoms with E-state index in [9.17, 15) is 9.59 Å². The minimum absolute atomic E-state index is 0.0458. The summed E-state index contributed by atoms with van der Waals surface area (Å²) in [5.41, 5.74) is 3.96. The highest BCUT2D eigenvalue weighted by atomic mass is 32.2. The second-order valence-electron chi connectivity index (χ2n) is 10.8. The zero-order valence-electron chi connectivity index (χ0n) is 26.9. The van der Waals surface area contributed by atoms with Crippen LogP contribution in [0.5, 0.6) is 17.2 Å². The smallest absolute Gasteiger partial charge is 0.253 e. The van der Waals surface area contributed by atoms with E-state index in [1.807, 2.05) is 71.5 Å². The predicted octanol–water partition coefficient (Wildman–Crippen LogP) is 6.06. The number of rotatable bonds is 12. The van der Waals surface area contributed by atoms with Crippen LogP contribution in [0.15, 0.2) is 94.5 Å². The fraction of sp³-hybridized carbons (Fsp3) is 0.229. The van der Waals surface area contributed by atoms with Gasteiger partial charge in [0.1, 0.15) is 5.75 Å². The third kappa shape index (κ3) is 6.92. The molecule has 0 aliphatic carbocycles. The van der Waals surface area contributed by atoms with Crippen LogP contribution < -0.4 is 19.5 Å². The Hall–Kier alpha value is -5.14. The Morgan fingerprint density at radius 2 is 1.79 bits per heavy atom. The van der Waals surface area contributed by atoms with Crippen LogP contribution in [0.1, 0.15) is 44.6 Å². The van der Waals surface area contributed by atoms with Crippen LogP contribution in [0.25, 0.3) is 5.69 Å². The van der Waals surface area contributed by atoms with Crippen LogP contribution in [-0.4, -0.2) is 64.4 Å². The van der Waals surface area contributed by atoms with Gasteiger partial charge in [-0.2, -0.15) is 5.10 Å². The summed E-state index contributed by atoms with van der Waals surface area (Å²) in [5, 5.41) is 20.7. The first-order valence-corrected chi connectivity index (χ1v) is 17.0. The summed E-state index contributed by atoms with van der Waals surface area (Å²) in [4.78, 5) is 28.0. The summed E-state index contributed by atoms with van der Waals surface area (Å²) >= 11 is 2.84. The number of nitrogens with one attached hydrogen (secondary N) is 1. The number of thiophene rings is 1. The van der Waals surface area contributed by atoms with Gasteiger partial charge >= 0.3 is 0 Å². The number of thioether (sulfide) groups is 1. The van der Waals surface area contributed by atoms with Gasteiger partial charge in [-0.15, -0.1) is 21.5 Å².